The van der Waals surface area contributed by atoms with E-state index in [0.29, 0.717) is 12.2 Å². The van der Waals surface area contributed by atoms with Crippen molar-refractivity contribution in [2.24, 2.45) is 5.92 Å². The van der Waals surface area contributed by atoms with Crippen molar-refractivity contribution < 1.29 is 18.0 Å². The quantitative estimate of drug-likeness (QED) is 0.442. The van der Waals surface area contributed by atoms with Crippen molar-refractivity contribution in [1.29, 1.82) is 0 Å². The number of rotatable bonds is 10. The van der Waals surface area contributed by atoms with E-state index < -0.39 is 28.5 Å². The van der Waals surface area contributed by atoms with Gasteiger partial charge in [0.2, 0.25) is 21.8 Å². The van der Waals surface area contributed by atoms with Crippen molar-refractivity contribution in [1.82, 2.24) is 10.2 Å². The molecule has 0 unspecified atom stereocenters. The van der Waals surface area contributed by atoms with Crippen molar-refractivity contribution >= 4 is 43.5 Å². The Morgan fingerprint density at radius 3 is 2.00 bits per heavy atom. The fraction of sp³-hybridized carbons (Fsp3) is 0.481. The molecule has 36 heavy (non-hydrogen) atoms. The zero-order valence-corrected chi connectivity index (χ0v) is 24.6. The first-order valence-corrected chi connectivity index (χ1v) is 14.6. The minimum atomic E-state index is -3.76. The van der Waals surface area contributed by atoms with Gasteiger partial charge in [0.05, 0.1) is 11.9 Å². The molecule has 0 spiro atoms. The van der Waals surface area contributed by atoms with Crippen LogP contribution in [0.5, 0.6) is 0 Å². The number of benzene rings is 2. The normalized spacial score (nSPS) is 12.8. The molecule has 0 saturated carbocycles. The highest BCUT2D eigenvalue weighted by molar-refractivity contribution is 9.10. The average Bonchev–Trinajstić information content (AvgIpc) is 2.78. The fourth-order valence-corrected chi connectivity index (χ4v) is 4.68. The highest BCUT2D eigenvalue weighted by Gasteiger charge is 2.30. The maximum Gasteiger partial charge on any atom is 0.244 e. The third-order valence-corrected chi connectivity index (χ3v) is 7.49. The van der Waals surface area contributed by atoms with Crippen LogP contribution in [0.15, 0.2) is 53.0 Å². The second kappa shape index (κ2) is 12.2. The molecule has 2 amide bonds. The van der Waals surface area contributed by atoms with Crippen LogP contribution in [0.2, 0.25) is 0 Å². The Bertz CT molecular complexity index is 1140. The maximum atomic E-state index is 13.6. The van der Waals surface area contributed by atoms with Gasteiger partial charge in [0.15, 0.2) is 0 Å². The molecule has 1 N–H and O–H groups in total. The molecule has 0 saturated heterocycles. The third kappa shape index (κ3) is 8.62. The molecule has 0 aliphatic carbocycles. The number of sulfonamides is 1. The summed E-state index contributed by atoms with van der Waals surface area (Å²) in [6.45, 7) is 12.1. The lowest BCUT2D eigenvalue weighted by molar-refractivity contribution is -0.139. The average molecular weight is 581 g/mol. The Kier molecular flexibility index (Phi) is 10.1. The molecule has 0 heterocycles. The minimum absolute atomic E-state index is 0.0927. The van der Waals surface area contributed by atoms with Crippen LogP contribution < -0.4 is 9.62 Å². The Labute approximate surface area is 224 Å². The molecule has 0 aliphatic rings. The number of nitrogens with zero attached hydrogens (tertiary/aromatic N) is 2. The lowest BCUT2D eigenvalue weighted by atomic mass is 9.87. The lowest BCUT2D eigenvalue weighted by Crippen LogP contribution is -2.51. The van der Waals surface area contributed by atoms with Crippen LogP contribution in [0, 0.1) is 5.92 Å². The summed E-state index contributed by atoms with van der Waals surface area (Å²) in [5.74, 6) is -0.487. The number of carbonyl (C=O) groups is 2. The Balaban J connectivity index is 2.37. The highest BCUT2D eigenvalue weighted by Crippen LogP contribution is 2.26. The van der Waals surface area contributed by atoms with Crippen molar-refractivity contribution in [2.75, 3.05) is 23.7 Å². The van der Waals surface area contributed by atoms with E-state index in [1.807, 2.05) is 50.2 Å². The molecule has 0 fully saturated rings. The van der Waals surface area contributed by atoms with Gasteiger partial charge < -0.3 is 10.2 Å². The number of anilines is 1. The van der Waals surface area contributed by atoms with Gasteiger partial charge in [0, 0.05) is 17.6 Å². The molecule has 0 aromatic heterocycles. The molecule has 2 aromatic carbocycles. The molecule has 2 rings (SSSR count). The van der Waals surface area contributed by atoms with E-state index in [1.165, 1.54) is 4.90 Å². The largest absolute Gasteiger partial charge is 0.354 e. The van der Waals surface area contributed by atoms with Gasteiger partial charge in [-0.05, 0) is 53.6 Å². The van der Waals surface area contributed by atoms with Crippen molar-refractivity contribution in [3.8, 4) is 0 Å². The van der Waals surface area contributed by atoms with E-state index in [4.69, 9.17) is 0 Å². The van der Waals surface area contributed by atoms with Crippen LogP contribution in [-0.2, 0) is 31.6 Å². The maximum absolute atomic E-state index is 13.6. The summed E-state index contributed by atoms with van der Waals surface area (Å²) in [6, 6.07) is 13.8. The van der Waals surface area contributed by atoms with Crippen LogP contribution >= 0.6 is 15.9 Å². The summed E-state index contributed by atoms with van der Waals surface area (Å²) >= 11 is 3.41. The summed E-state index contributed by atoms with van der Waals surface area (Å²) < 4.78 is 27.4. The number of halogens is 1. The monoisotopic (exact) mass is 579 g/mol. The van der Waals surface area contributed by atoms with Crippen LogP contribution in [0.3, 0.4) is 0 Å². The zero-order valence-electron chi connectivity index (χ0n) is 22.2. The Morgan fingerprint density at radius 2 is 1.53 bits per heavy atom. The summed E-state index contributed by atoms with van der Waals surface area (Å²) in [6.07, 6.45) is 1.08. The molecular formula is C27H38BrN3O4S. The molecule has 9 heteroatoms. The van der Waals surface area contributed by atoms with Gasteiger partial charge in [-0.25, -0.2) is 8.42 Å². The topological polar surface area (TPSA) is 86.8 Å². The Morgan fingerprint density at radius 1 is 0.972 bits per heavy atom. The van der Waals surface area contributed by atoms with E-state index >= 15 is 0 Å². The minimum Gasteiger partial charge on any atom is -0.354 e. The molecule has 198 valence electrons. The van der Waals surface area contributed by atoms with Crippen LogP contribution in [0.25, 0.3) is 0 Å². The van der Waals surface area contributed by atoms with E-state index in [1.54, 1.807) is 19.1 Å². The lowest BCUT2D eigenvalue weighted by Gasteiger charge is -2.32. The van der Waals surface area contributed by atoms with Crippen molar-refractivity contribution in [2.45, 2.75) is 59.5 Å². The summed E-state index contributed by atoms with van der Waals surface area (Å²) in [4.78, 5) is 27.9. The summed E-state index contributed by atoms with van der Waals surface area (Å²) in [7, 11) is -3.76. The van der Waals surface area contributed by atoms with Crippen LogP contribution in [0.4, 0.5) is 5.69 Å². The standard InChI is InChI=1S/C27H38BrN3O4S/c1-19(2)16-29-26(33)20(3)30(17-21-8-12-23(28)13-9-21)25(32)18-31(36(7,34)35)24-14-10-22(11-15-24)27(4,5)6/h8-15,19-20H,16-18H2,1-7H3,(H,29,33)/t20-/m1/s1. The van der Waals surface area contributed by atoms with Crippen molar-refractivity contribution in [3.63, 3.8) is 0 Å². The molecular weight excluding hydrogens is 542 g/mol. The van der Waals surface area contributed by atoms with E-state index in [9.17, 15) is 18.0 Å². The summed E-state index contributed by atoms with van der Waals surface area (Å²) in [5.41, 5.74) is 2.19. The molecule has 0 aliphatic heterocycles. The highest BCUT2D eigenvalue weighted by atomic mass is 79.9. The number of hydrogen-bond acceptors (Lipinski definition) is 4. The molecule has 1 atom stereocenters. The second-order valence-corrected chi connectivity index (χ2v) is 13.4. The number of carbonyl (C=O) groups excluding carboxylic acids is 2. The predicted molar refractivity (Wildman–Crippen MR) is 149 cm³/mol. The van der Waals surface area contributed by atoms with E-state index in [0.717, 1.165) is 26.2 Å². The number of hydrogen-bond donors (Lipinski definition) is 1. The molecule has 2 aromatic rings. The van der Waals surface area contributed by atoms with Crippen LogP contribution in [-0.4, -0.2) is 50.5 Å². The summed E-state index contributed by atoms with van der Waals surface area (Å²) in [5, 5.41) is 2.88. The van der Waals surface area contributed by atoms with E-state index in [-0.39, 0.29) is 23.8 Å². The Hall–Kier alpha value is -2.39. The van der Waals surface area contributed by atoms with Gasteiger partial charge >= 0.3 is 0 Å². The smallest absolute Gasteiger partial charge is 0.244 e. The molecule has 7 nitrogen and oxygen atoms in total. The third-order valence-electron chi connectivity index (χ3n) is 5.82. The van der Waals surface area contributed by atoms with Crippen molar-refractivity contribution in [3.05, 3.63) is 64.1 Å². The first-order chi connectivity index (χ1) is 16.6. The van der Waals surface area contributed by atoms with Gasteiger partial charge in [0.1, 0.15) is 12.6 Å². The number of nitrogens with one attached hydrogen (secondary N) is 1. The van der Waals surface area contributed by atoms with Gasteiger partial charge in [-0.15, -0.1) is 0 Å². The number of amides is 2. The van der Waals surface area contributed by atoms with Gasteiger partial charge in [0.25, 0.3) is 0 Å². The van der Waals surface area contributed by atoms with E-state index in [2.05, 4.69) is 42.0 Å². The second-order valence-electron chi connectivity index (χ2n) is 10.5. The first kappa shape index (κ1) is 29.8. The zero-order chi connectivity index (χ0) is 27.3. The molecule has 0 bridgehead atoms. The van der Waals surface area contributed by atoms with Gasteiger partial charge in [-0.3, -0.25) is 13.9 Å². The SMILES string of the molecule is CC(C)CNC(=O)[C@@H](C)N(Cc1ccc(Br)cc1)C(=O)CN(c1ccc(C(C)(C)C)cc1)S(C)(=O)=O. The van der Waals surface area contributed by atoms with Crippen LogP contribution in [0.1, 0.15) is 52.7 Å². The van der Waals surface area contributed by atoms with Gasteiger partial charge in [-0.1, -0.05) is 74.8 Å². The molecule has 0 radical (unpaired) electrons. The fourth-order valence-electron chi connectivity index (χ4n) is 3.56. The first-order valence-electron chi connectivity index (χ1n) is 12.0. The van der Waals surface area contributed by atoms with Gasteiger partial charge in [-0.2, -0.15) is 0 Å². The predicted octanol–water partition coefficient (Wildman–Crippen LogP) is 4.70.